The highest BCUT2D eigenvalue weighted by atomic mass is 16.4. The molecule has 0 aliphatic carbocycles. The number of oxime groups is 1. The van der Waals surface area contributed by atoms with Gasteiger partial charge in [0, 0.05) is 13.0 Å². The molecule has 0 saturated carbocycles. The maximum atomic E-state index is 11.3. The minimum atomic E-state index is 0.0217. The van der Waals surface area contributed by atoms with Gasteiger partial charge in [-0.25, -0.2) is 0 Å². The molecule has 13 heavy (non-hydrogen) atoms. The molecule has 0 spiro atoms. The number of nitrogens with zero attached hydrogens (tertiary/aromatic N) is 2. The Labute approximate surface area is 78.2 Å². The molecule has 0 aromatic carbocycles. The van der Waals surface area contributed by atoms with Gasteiger partial charge in [0.15, 0.2) is 5.84 Å². The zero-order valence-corrected chi connectivity index (χ0v) is 8.16. The predicted octanol–water partition coefficient (Wildman–Crippen LogP) is 0.381. The second-order valence-corrected chi connectivity index (χ2v) is 2.76. The number of carbonyl (C=O) groups is 1. The summed E-state index contributed by atoms with van der Waals surface area (Å²) in [5.41, 5.74) is 5.30. The van der Waals surface area contributed by atoms with E-state index in [4.69, 9.17) is 10.9 Å². The van der Waals surface area contributed by atoms with Gasteiger partial charge in [0.25, 0.3) is 0 Å². The van der Waals surface area contributed by atoms with Crippen molar-refractivity contribution in [2.75, 3.05) is 13.1 Å². The monoisotopic (exact) mass is 187 g/mol. The molecular weight excluding hydrogens is 170 g/mol. The van der Waals surface area contributed by atoms with E-state index in [0.29, 0.717) is 13.0 Å². The molecule has 0 rings (SSSR count). The molecule has 5 heteroatoms. The zero-order chi connectivity index (χ0) is 10.3. The fourth-order valence-electron chi connectivity index (χ4n) is 1.01. The third-order valence-electron chi connectivity index (χ3n) is 1.63. The first-order valence-electron chi connectivity index (χ1n) is 4.39. The van der Waals surface area contributed by atoms with E-state index in [1.165, 1.54) is 0 Å². The molecule has 1 amide bonds. The lowest BCUT2D eigenvalue weighted by Gasteiger charge is -2.20. The standard InChI is InChI=1S/C8H17N3O2/c1-3-5-11(8(12)4-2)6-7(9)10-13/h13H,3-6H2,1-2H3,(H2,9,10). The Morgan fingerprint density at radius 2 is 2.15 bits per heavy atom. The van der Waals surface area contributed by atoms with Crippen LogP contribution in [0.5, 0.6) is 0 Å². The third kappa shape index (κ3) is 4.35. The van der Waals surface area contributed by atoms with Gasteiger partial charge in [0.2, 0.25) is 5.91 Å². The molecule has 0 unspecified atom stereocenters. The quantitative estimate of drug-likeness (QED) is 0.283. The maximum absolute atomic E-state index is 11.3. The first-order valence-corrected chi connectivity index (χ1v) is 4.39. The summed E-state index contributed by atoms with van der Waals surface area (Å²) in [4.78, 5) is 12.9. The van der Waals surface area contributed by atoms with Gasteiger partial charge in [-0.3, -0.25) is 4.79 Å². The highest BCUT2D eigenvalue weighted by Crippen LogP contribution is 1.95. The Hall–Kier alpha value is -1.26. The van der Waals surface area contributed by atoms with Crippen LogP contribution in [0.15, 0.2) is 5.16 Å². The molecule has 0 atom stereocenters. The highest BCUT2D eigenvalue weighted by Gasteiger charge is 2.11. The van der Waals surface area contributed by atoms with Gasteiger partial charge in [0.05, 0.1) is 6.54 Å². The van der Waals surface area contributed by atoms with Gasteiger partial charge in [-0.1, -0.05) is 19.0 Å². The van der Waals surface area contributed by atoms with Crippen LogP contribution in [0.3, 0.4) is 0 Å². The van der Waals surface area contributed by atoms with E-state index in [1.807, 2.05) is 6.92 Å². The van der Waals surface area contributed by atoms with Crippen LogP contribution in [0, 0.1) is 0 Å². The fourth-order valence-corrected chi connectivity index (χ4v) is 1.01. The van der Waals surface area contributed by atoms with Crippen molar-refractivity contribution in [2.45, 2.75) is 26.7 Å². The number of nitrogens with two attached hydrogens (primary N) is 1. The van der Waals surface area contributed by atoms with Crippen LogP contribution in [-0.4, -0.2) is 34.9 Å². The first-order chi connectivity index (χ1) is 6.15. The lowest BCUT2D eigenvalue weighted by atomic mass is 10.3. The molecule has 3 N–H and O–H groups in total. The van der Waals surface area contributed by atoms with Gasteiger partial charge in [0.1, 0.15) is 0 Å². The molecular formula is C8H17N3O2. The Morgan fingerprint density at radius 1 is 1.54 bits per heavy atom. The highest BCUT2D eigenvalue weighted by molar-refractivity contribution is 5.86. The lowest BCUT2D eigenvalue weighted by Crippen LogP contribution is -2.38. The van der Waals surface area contributed by atoms with Crippen LogP contribution in [0.25, 0.3) is 0 Å². The Kier molecular flexibility index (Phi) is 5.67. The normalized spacial score (nSPS) is 11.4. The summed E-state index contributed by atoms with van der Waals surface area (Å²) in [6.07, 6.45) is 1.31. The van der Waals surface area contributed by atoms with E-state index < -0.39 is 0 Å². The Bertz CT molecular complexity index is 192. The van der Waals surface area contributed by atoms with Gasteiger partial charge in [-0.05, 0) is 6.42 Å². The molecule has 0 fully saturated rings. The van der Waals surface area contributed by atoms with E-state index in [-0.39, 0.29) is 18.3 Å². The van der Waals surface area contributed by atoms with Crippen LogP contribution >= 0.6 is 0 Å². The molecule has 0 aliphatic heterocycles. The number of rotatable bonds is 5. The summed E-state index contributed by atoms with van der Waals surface area (Å²) in [6, 6.07) is 0. The number of hydrogen-bond donors (Lipinski definition) is 2. The molecule has 0 heterocycles. The van der Waals surface area contributed by atoms with Crippen molar-refractivity contribution < 1.29 is 10.0 Å². The number of amidine groups is 1. The number of carbonyl (C=O) groups excluding carboxylic acids is 1. The maximum Gasteiger partial charge on any atom is 0.222 e. The summed E-state index contributed by atoms with van der Waals surface area (Å²) in [5.74, 6) is 0.0868. The van der Waals surface area contributed by atoms with Crippen molar-refractivity contribution in [2.24, 2.45) is 10.9 Å². The van der Waals surface area contributed by atoms with E-state index in [2.05, 4.69) is 5.16 Å². The fraction of sp³-hybridized carbons (Fsp3) is 0.750. The summed E-state index contributed by atoms with van der Waals surface area (Å²) in [6.45, 7) is 4.61. The summed E-state index contributed by atoms with van der Waals surface area (Å²) in [5, 5.41) is 11.2. The second kappa shape index (κ2) is 6.28. The van der Waals surface area contributed by atoms with Gasteiger partial charge >= 0.3 is 0 Å². The molecule has 0 aromatic rings. The largest absolute Gasteiger partial charge is 0.409 e. The van der Waals surface area contributed by atoms with E-state index in [1.54, 1.807) is 11.8 Å². The van der Waals surface area contributed by atoms with Crippen LogP contribution < -0.4 is 5.73 Å². The van der Waals surface area contributed by atoms with Gasteiger partial charge in [-0.2, -0.15) is 0 Å². The minimum Gasteiger partial charge on any atom is -0.409 e. The first kappa shape index (κ1) is 11.7. The van der Waals surface area contributed by atoms with Gasteiger partial charge in [-0.15, -0.1) is 0 Å². The smallest absolute Gasteiger partial charge is 0.222 e. The van der Waals surface area contributed by atoms with Crippen LogP contribution in [-0.2, 0) is 4.79 Å². The minimum absolute atomic E-state index is 0.0217. The van der Waals surface area contributed by atoms with Gasteiger partial charge < -0.3 is 15.8 Å². The van der Waals surface area contributed by atoms with Crippen LogP contribution in [0.4, 0.5) is 0 Å². The molecule has 5 nitrogen and oxygen atoms in total. The van der Waals surface area contributed by atoms with Crippen LogP contribution in [0.1, 0.15) is 26.7 Å². The van der Waals surface area contributed by atoms with Crippen molar-refractivity contribution in [3.8, 4) is 0 Å². The number of hydrogen-bond acceptors (Lipinski definition) is 3. The van der Waals surface area contributed by atoms with Crippen LogP contribution in [0.2, 0.25) is 0 Å². The van der Waals surface area contributed by atoms with E-state index in [0.717, 1.165) is 6.42 Å². The molecule has 76 valence electrons. The molecule has 0 bridgehead atoms. The molecule has 0 radical (unpaired) electrons. The van der Waals surface area contributed by atoms with E-state index in [9.17, 15) is 4.79 Å². The summed E-state index contributed by atoms with van der Waals surface area (Å²) >= 11 is 0. The van der Waals surface area contributed by atoms with E-state index >= 15 is 0 Å². The van der Waals surface area contributed by atoms with Crippen molar-refractivity contribution in [3.63, 3.8) is 0 Å². The molecule has 0 aromatic heterocycles. The SMILES string of the molecule is CCCN(CC(N)=NO)C(=O)CC. The average molecular weight is 187 g/mol. The van der Waals surface area contributed by atoms with Crippen molar-refractivity contribution >= 4 is 11.7 Å². The lowest BCUT2D eigenvalue weighted by molar-refractivity contribution is -0.130. The predicted molar refractivity (Wildman–Crippen MR) is 50.6 cm³/mol. The van der Waals surface area contributed by atoms with Crippen molar-refractivity contribution in [1.82, 2.24) is 4.90 Å². The second-order valence-electron chi connectivity index (χ2n) is 2.76. The zero-order valence-electron chi connectivity index (χ0n) is 8.16. The summed E-state index contributed by atoms with van der Waals surface area (Å²) < 4.78 is 0. The van der Waals surface area contributed by atoms with Crippen molar-refractivity contribution in [1.29, 1.82) is 0 Å². The number of amides is 1. The topological polar surface area (TPSA) is 78.9 Å². The third-order valence-corrected chi connectivity index (χ3v) is 1.63. The van der Waals surface area contributed by atoms with Crippen molar-refractivity contribution in [3.05, 3.63) is 0 Å². The molecule has 0 saturated heterocycles. The average Bonchev–Trinajstić information content (AvgIpc) is 2.15. The summed E-state index contributed by atoms with van der Waals surface area (Å²) in [7, 11) is 0. The molecule has 0 aliphatic rings. The Morgan fingerprint density at radius 3 is 2.54 bits per heavy atom. The Balaban J connectivity index is 4.17.